The Morgan fingerprint density at radius 1 is 1.15 bits per heavy atom. The maximum atomic E-state index is 13.1. The molecule has 8 nitrogen and oxygen atoms in total. The van der Waals surface area contributed by atoms with Crippen molar-refractivity contribution in [2.45, 2.75) is 58.1 Å². The number of nitrogens with zero attached hydrogens (tertiary/aromatic N) is 1. The summed E-state index contributed by atoms with van der Waals surface area (Å²) in [6, 6.07) is 4.91. The molecule has 0 amide bonds. The Balaban J connectivity index is 1.81. The second kappa shape index (κ2) is 10.0. The molecule has 1 saturated carbocycles. The first-order chi connectivity index (χ1) is 16.3. The molecule has 182 valence electrons. The number of rotatable bonds is 9. The predicted molar refractivity (Wildman–Crippen MR) is 126 cm³/mol. The van der Waals surface area contributed by atoms with Gasteiger partial charge in [-0.05, 0) is 49.3 Å². The number of carboxylic acids is 1. The number of pyridine rings is 1. The van der Waals surface area contributed by atoms with Crippen molar-refractivity contribution in [3.63, 3.8) is 0 Å². The third kappa shape index (κ3) is 4.73. The van der Waals surface area contributed by atoms with Crippen molar-refractivity contribution in [2.75, 3.05) is 20.3 Å². The zero-order valence-corrected chi connectivity index (χ0v) is 19.8. The van der Waals surface area contributed by atoms with E-state index in [0.717, 1.165) is 30.4 Å². The Kier molecular flexibility index (Phi) is 7.07. The molecule has 0 radical (unpaired) electrons. The molecule has 2 heterocycles. The highest BCUT2D eigenvalue weighted by atomic mass is 16.5. The van der Waals surface area contributed by atoms with Crippen molar-refractivity contribution in [3.05, 3.63) is 51.3 Å². The monoisotopic (exact) mass is 469 g/mol. The first-order valence-corrected chi connectivity index (χ1v) is 11.8. The van der Waals surface area contributed by atoms with Crippen molar-refractivity contribution in [2.24, 2.45) is 5.92 Å². The fourth-order valence-electron chi connectivity index (χ4n) is 4.48. The number of esters is 1. The molecule has 1 aromatic heterocycles. The van der Waals surface area contributed by atoms with Gasteiger partial charge in [-0.25, -0.2) is 9.59 Å². The van der Waals surface area contributed by atoms with E-state index in [0.29, 0.717) is 43.1 Å². The molecular weight excluding hydrogens is 438 g/mol. The summed E-state index contributed by atoms with van der Waals surface area (Å²) in [6.07, 6.45) is 5.39. The van der Waals surface area contributed by atoms with E-state index in [1.165, 1.54) is 12.3 Å². The van der Waals surface area contributed by atoms with E-state index in [9.17, 15) is 19.5 Å². The number of hydrogen-bond acceptors (Lipinski definition) is 6. The molecule has 1 aromatic carbocycles. The van der Waals surface area contributed by atoms with Gasteiger partial charge in [0.05, 0.1) is 12.3 Å². The average Bonchev–Trinajstić information content (AvgIpc) is 2.77. The van der Waals surface area contributed by atoms with E-state index in [2.05, 4.69) is 13.8 Å². The zero-order valence-electron chi connectivity index (χ0n) is 19.8. The van der Waals surface area contributed by atoms with Crippen LogP contribution in [0, 0.1) is 5.92 Å². The SMILES string of the molecule is COCCCOc1cc2c(cc1C(=O)OC1CCC1)-c1cc(=O)c(C(=O)O)cn1C(C(C)C)C2. The quantitative estimate of drug-likeness (QED) is 0.436. The highest BCUT2D eigenvalue weighted by molar-refractivity contribution is 5.95. The molecule has 1 aliphatic carbocycles. The lowest BCUT2D eigenvalue weighted by atomic mass is 9.86. The number of aromatic carboxylic acids is 1. The molecule has 4 rings (SSSR count). The van der Waals surface area contributed by atoms with Crippen molar-refractivity contribution in [1.82, 2.24) is 4.57 Å². The number of fused-ring (bicyclic) bond motifs is 3. The van der Waals surface area contributed by atoms with Crippen LogP contribution in [0.15, 0.2) is 29.2 Å². The van der Waals surface area contributed by atoms with Crippen molar-refractivity contribution in [1.29, 1.82) is 0 Å². The minimum absolute atomic E-state index is 0.0460. The van der Waals surface area contributed by atoms with Gasteiger partial charge in [0, 0.05) is 44.0 Å². The molecule has 34 heavy (non-hydrogen) atoms. The van der Waals surface area contributed by atoms with Crippen LogP contribution in [0.3, 0.4) is 0 Å². The Hall–Kier alpha value is -3.13. The van der Waals surface area contributed by atoms with Crippen LogP contribution in [0.4, 0.5) is 0 Å². The summed E-state index contributed by atoms with van der Waals surface area (Å²) in [5.41, 5.74) is 1.75. The summed E-state index contributed by atoms with van der Waals surface area (Å²) < 4.78 is 18.6. The molecule has 1 unspecified atom stereocenters. The largest absolute Gasteiger partial charge is 0.493 e. The van der Waals surface area contributed by atoms with Gasteiger partial charge in [0.25, 0.3) is 0 Å². The van der Waals surface area contributed by atoms with Crippen LogP contribution in [0.1, 0.15) is 71.9 Å². The molecule has 2 aromatic rings. The number of methoxy groups -OCH3 is 1. The third-order valence-corrected chi connectivity index (χ3v) is 6.64. The van der Waals surface area contributed by atoms with E-state index in [4.69, 9.17) is 14.2 Å². The van der Waals surface area contributed by atoms with Gasteiger partial charge in [-0.2, -0.15) is 0 Å². The maximum Gasteiger partial charge on any atom is 0.342 e. The fraction of sp³-hybridized carbons (Fsp3) is 0.500. The molecule has 2 aliphatic rings. The number of aromatic nitrogens is 1. The van der Waals surface area contributed by atoms with Gasteiger partial charge >= 0.3 is 11.9 Å². The van der Waals surface area contributed by atoms with Crippen LogP contribution in [0.5, 0.6) is 5.75 Å². The van der Waals surface area contributed by atoms with E-state index in [-0.39, 0.29) is 23.6 Å². The van der Waals surface area contributed by atoms with Crippen LogP contribution < -0.4 is 10.2 Å². The molecule has 1 fully saturated rings. The number of ether oxygens (including phenoxy) is 3. The van der Waals surface area contributed by atoms with Crippen LogP contribution in [0.25, 0.3) is 11.3 Å². The average molecular weight is 470 g/mol. The molecule has 0 spiro atoms. The van der Waals surface area contributed by atoms with Gasteiger partial charge in [0.2, 0.25) is 0 Å². The smallest absolute Gasteiger partial charge is 0.342 e. The highest BCUT2D eigenvalue weighted by Crippen LogP contribution is 2.41. The van der Waals surface area contributed by atoms with Gasteiger partial charge in [0.15, 0.2) is 5.43 Å². The standard InChI is InChI=1S/C26H31NO7/c1-15(2)21-10-16-11-24(33-9-5-8-32-3)19(26(31)34-17-6-4-7-17)12-18(16)22-13-23(28)20(25(29)30)14-27(21)22/h11-15,17,21H,4-10H2,1-3H3,(H,29,30). The highest BCUT2D eigenvalue weighted by Gasteiger charge is 2.31. The molecule has 0 saturated heterocycles. The Morgan fingerprint density at radius 3 is 2.53 bits per heavy atom. The van der Waals surface area contributed by atoms with Gasteiger partial charge in [-0.1, -0.05) is 13.8 Å². The molecule has 1 aliphatic heterocycles. The van der Waals surface area contributed by atoms with Crippen LogP contribution in [-0.2, 0) is 15.9 Å². The van der Waals surface area contributed by atoms with Gasteiger partial charge < -0.3 is 23.9 Å². The predicted octanol–water partition coefficient (Wildman–Crippen LogP) is 4.09. The van der Waals surface area contributed by atoms with Crippen molar-refractivity contribution < 1.29 is 28.9 Å². The zero-order chi connectivity index (χ0) is 24.4. The van der Waals surface area contributed by atoms with Crippen molar-refractivity contribution in [3.8, 4) is 17.0 Å². The normalized spacial score (nSPS) is 17.0. The Labute approximate surface area is 198 Å². The number of carbonyl (C=O) groups excluding carboxylic acids is 1. The van der Waals surface area contributed by atoms with Crippen LogP contribution in [0.2, 0.25) is 0 Å². The number of carboxylic acid groups (broad SMARTS) is 1. The minimum atomic E-state index is -1.25. The second-order valence-corrected chi connectivity index (χ2v) is 9.32. The topological polar surface area (TPSA) is 104 Å². The maximum absolute atomic E-state index is 13.1. The van der Waals surface area contributed by atoms with E-state index < -0.39 is 17.4 Å². The summed E-state index contributed by atoms with van der Waals surface area (Å²) in [4.78, 5) is 37.2. The fourth-order valence-corrected chi connectivity index (χ4v) is 4.48. The number of hydrogen-bond donors (Lipinski definition) is 1. The first kappa shape index (κ1) is 24.0. The Bertz CT molecular complexity index is 1150. The lowest BCUT2D eigenvalue weighted by Crippen LogP contribution is -2.29. The van der Waals surface area contributed by atoms with Gasteiger partial charge in [-0.15, -0.1) is 0 Å². The molecular formula is C26H31NO7. The minimum Gasteiger partial charge on any atom is -0.493 e. The van der Waals surface area contributed by atoms with Gasteiger partial charge in [0.1, 0.15) is 23.0 Å². The van der Waals surface area contributed by atoms with Crippen LogP contribution in [-0.4, -0.2) is 48.0 Å². The summed E-state index contributed by atoms with van der Waals surface area (Å²) in [5, 5.41) is 9.47. The van der Waals surface area contributed by atoms with Crippen molar-refractivity contribution >= 4 is 11.9 Å². The summed E-state index contributed by atoms with van der Waals surface area (Å²) >= 11 is 0. The molecule has 0 bridgehead atoms. The molecule has 8 heteroatoms. The Morgan fingerprint density at radius 2 is 1.91 bits per heavy atom. The number of benzene rings is 1. The van der Waals surface area contributed by atoms with E-state index >= 15 is 0 Å². The second-order valence-electron chi connectivity index (χ2n) is 9.32. The lowest BCUT2D eigenvalue weighted by Gasteiger charge is -2.34. The lowest BCUT2D eigenvalue weighted by molar-refractivity contribution is 0.00861. The third-order valence-electron chi connectivity index (χ3n) is 6.64. The summed E-state index contributed by atoms with van der Waals surface area (Å²) in [7, 11) is 1.63. The summed E-state index contributed by atoms with van der Waals surface area (Å²) in [6.45, 7) is 5.06. The first-order valence-electron chi connectivity index (χ1n) is 11.8. The molecule has 1 N–H and O–H groups in total. The van der Waals surface area contributed by atoms with E-state index in [1.54, 1.807) is 13.2 Å². The number of carbonyl (C=O) groups is 2. The van der Waals surface area contributed by atoms with E-state index in [1.807, 2.05) is 10.6 Å². The van der Waals surface area contributed by atoms with Gasteiger partial charge in [-0.3, -0.25) is 4.79 Å². The molecule has 1 atom stereocenters. The summed E-state index contributed by atoms with van der Waals surface area (Å²) in [5.74, 6) is -1.06. The van der Waals surface area contributed by atoms with Crippen LogP contribution >= 0.6 is 0 Å².